The first-order valence-electron chi connectivity index (χ1n) is 5.93. The number of likely N-dealkylation sites (tertiary alicyclic amines) is 1. The molecule has 1 atom stereocenters. The number of hydrogen-bond donors (Lipinski definition) is 1. The summed E-state index contributed by atoms with van der Waals surface area (Å²) in [5.74, 6) is -0.646. The topological polar surface area (TPSA) is 32.3 Å². The number of amides is 1. The Balaban J connectivity index is 0.00000162. The van der Waals surface area contributed by atoms with Crippen LogP contribution in [-0.4, -0.2) is 37.0 Å². The molecule has 0 spiro atoms. The molecule has 100 valence electrons. The van der Waals surface area contributed by atoms with E-state index in [2.05, 4.69) is 5.32 Å². The van der Waals surface area contributed by atoms with Crippen molar-refractivity contribution < 1.29 is 9.18 Å². The smallest absolute Gasteiger partial charge is 0.256 e. The molecular formula is C13H18ClFN2O. The van der Waals surface area contributed by atoms with Crippen LogP contribution in [0.3, 0.4) is 0 Å². The molecule has 1 N–H and O–H groups in total. The molecule has 1 amide bonds. The van der Waals surface area contributed by atoms with Crippen molar-refractivity contribution in [3.8, 4) is 0 Å². The fraction of sp³-hybridized carbons (Fsp3) is 0.462. The number of nitrogens with zero attached hydrogens (tertiary/aromatic N) is 1. The first-order valence-corrected chi connectivity index (χ1v) is 5.93. The van der Waals surface area contributed by atoms with Gasteiger partial charge in [-0.25, -0.2) is 4.39 Å². The van der Waals surface area contributed by atoms with Gasteiger partial charge in [0.05, 0.1) is 5.56 Å². The highest BCUT2D eigenvalue weighted by atomic mass is 35.5. The Labute approximate surface area is 113 Å². The number of benzene rings is 1. The quantitative estimate of drug-likeness (QED) is 0.894. The number of carbonyl (C=O) groups excluding carboxylic acids is 1. The van der Waals surface area contributed by atoms with Gasteiger partial charge in [0.1, 0.15) is 5.82 Å². The van der Waals surface area contributed by atoms with E-state index in [9.17, 15) is 9.18 Å². The Morgan fingerprint density at radius 1 is 1.44 bits per heavy atom. The number of hydrogen-bond acceptors (Lipinski definition) is 2. The zero-order chi connectivity index (χ0) is 12.3. The Bertz CT molecular complexity index is 414. The summed E-state index contributed by atoms with van der Waals surface area (Å²) in [4.78, 5) is 13.9. The van der Waals surface area contributed by atoms with Crippen LogP contribution in [0.4, 0.5) is 4.39 Å². The minimum Gasteiger partial charge on any atom is -0.337 e. The molecule has 1 aromatic rings. The minimum atomic E-state index is -0.441. The lowest BCUT2D eigenvalue weighted by Gasteiger charge is -2.32. The average Bonchev–Trinajstić information content (AvgIpc) is 2.38. The summed E-state index contributed by atoms with van der Waals surface area (Å²) >= 11 is 0. The zero-order valence-electron chi connectivity index (χ0n) is 10.4. The molecule has 0 bridgehead atoms. The second-order valence-electron chi connectivity index (χ2n) is 4.36. The van der Waals surface area contributed by atoms with Crippen LogP contribution in [0.5, 0.6) is 0 Å². The molecule has 0 saturated carbocycles. The van der Waals surface area contributed by atoms with Crippen LogP contribution >= 0.6 is 12.4 Å². The molecule has 5 heteroatoms. The Hall–Kier alpha value is -1.13. The Morgan fingerprint density at radius 2 is 2.17 bits per heavy atom. The van der Waals surface area contributed by atoms with Gasteiger partial charge in [-0.1, -0.05) is 12.1 Å². The SMILES string of the molecule is CNC1CCCN(C(=O)c2ccccc2F)C1.Cl. The third-order valence-electron chi connectivity index (χ3n) is 3.22. The van der Waals surface area contributed by atoms with Crippen LogP contribution in [0, 0.1) is 5.82 Å². The number of likely N-dealkylation sites (N-methyl/N-ethyl adjacent to an activating group) is 1. The van der Waals surface area contributed by atoms with E-state index >= 15 is 0 Å². The summed E-state index contributed by atoms with van der Waals surface area (Å²) in [5, 5.41) is 3.17. The molecule has 0 radical (unpaired) electrons. The summed E-state index contributed by atoms with van der Waals surface area (Å²) < 4.78 is 13.5. The number of carbonyl (C=O) groups is 1. The van der Waals surface area contributed by atoms with Crippen molar-refractivity contribution in [3.63, 3.8) is 0 Å². The highest BCUT2D eigenvalue weighted by Gasteiger charge is 2.24. The van der Waals surface area contributed by atoms with E-state index < -0.39 is 5.82 Å². The van der Waals surface area contributed by atoms with Crippen LogP contribution < -0.4 is 5.32 Å². The lowest BCUT2D eigenvalue weighted by Crippen LogP contribution is -2.47. The highest BCUT2D eigenvalue weighted by Crippen LogP contribution is 2.15. The molecule has 0 aliphatic carbocycles. The molecule has 1 fully saturated rings. The monoisotopic (exact) mass is 272 g/mol. The van der Waals surface area contributed by atoms with Crippen molar-refractivity contribution in [2.45, 2.75) is 18.9 Å². The summed E-state index contributed by atoms with van der Waals surface area (Å²) in [6.45, 7) is 1.37. The zero-order valence-corrected chi connectivity index (χ0v) is 11.2. The van der Waals surface area contributed by atoms with Gasteiger partial charge in [0.15, 0.2) is 0 Å². The van der Waals surface area contributed by atoms with Crippen LogP contribution in [0.15, 0.2) is 24.3 Å². The van der Waals surface area contributed by atoms with Gasteiger partial charge in [-0.2, -0.15) is 0 Å². The van der Waals surface area contributed by atoms with E-state index in [-0.39, 0.29) is 23.9 Å². The molecule has 1 aromatic carbocycles. The van der Waals surface area contributed by atoms with Crippen LogP contribution in [-0.2, 0) is 0 Å². The van der Waals surface area contributed by atoms with Crippen molar-refractivity contribution >= 4 is 18.3 Å². The molecule has 3 nitrogen and oxygen atoms in total. The van der Waals surface area contributed by atoms with E-state index in [1.54, 1.807) is 23.1 Å². The molecule has 0 aromatic heterocycles. The van der Waals surface area contributed by atoms with Gasteiger partial charge in [-0.05, 0) is 32.0 Å². The molecule has 1 aliphatic rings. The summed E-state index contributed by atoms with van der Waals surface area (Å²) in [6, 6.07) is 6.47. The maximum atomic E-state index is 13.5. The molecule has 1 saturated heterocycles. The highest BCUT2D eigenvalue weighted by molar-refractivity contribution is 5.94. The lowest BCUT2D eigenvalue weighted by atomic mass is 10.0. The molecular weight excluding hydrogens is 255 g/mol. The van der Waals surface area contributed by atoms with E-state index in [0.717, 1.165) is 12.8 Å². The average molecular weight is 273 g/mol. The van der Waals surface area contributed by atoms with Crippen LogP contribution in [0.25, 0.3) is 0 Å². The number of nitrogens with one attached hydrogen (secondary N) is 1. The van der Waals surface area contributed by atoms with Gasteiger partial charge in [0.25, 0.3) is 5.91 Å². The maximum absolute atomic E-state index is 13.5. The minimum absolute atomic E-state index is 0. The summed E-state index contributed by atoms with van der Waals surface area (Å²) in [5.41, 5.74) is 0.171. The number of piperidine rings is 1. The van der Waals surface area contributed by atoms with E-state index in [0.29, 0.717) is 19.1 Å². The van der Waals surface area contributed by atoms with Gasteiger partial charge >= 0.3 is 0 Å². The third-order valence-corrected chi connectivity index (χ3v) is 3.22. The van der Waals surface area contributed by atoms with E-state index in [4.69, 9.17) is 0 Å². The normalized spacial score (nSPS) is 19.2. The molecule has 1 heterocycles. The van der Waals surface area contributed by atoms with Crippen LogP contribution in [0.2, 0.25) is 0 Å². The largest absolute Gasteiger partial charge is 0.337 e. The van der Waals surface area contributed by atoms with Gasteiger partial charge in [-0.3, -0.25) is 4.79 Å². The van der Waals surface area contributed by atoms with Crippen molar-refractivity contribution in [1.82, 2.24) is 10.2 Å². The molecule has 1 aliphatic heterocycles. The predicted molar refractivity (Wildman–Crippen MR) is 71.6 cm³/mol. The van der Waals surface area contributed by atoms with E-state index in [1.165, 1.54) is 6.07 Å². The standard InChI is InChI=1S/C13H17FN2O.ClH/c1-15-10-5-4-8-16(9-10)13(17)11-6-2-3-7-12(11)14;/h2-3,6-7,10,15H,4-5,8-9H2,1H3;1H. The van der Waals surface area contributed by atoms with Crippen molar-refractivity contribution in [2.75, 3.05) is 20.1 Å². The fourth-order valence-electron chi connectivity index (χ4n) is 2.20. The van der Waals surface area contributed by atoms with Crippen molar-refractivity contribution in [1.29, 1.82) is 0 Å². The Kier molecular flexibility index (Phi) is 5.56. The first-order chi connectivity index (χ1) is 8.22. The second-order valence-corrected chi connectivity index (χ2v) is 4.36. The lowest BCUT2D eigenvalue weighted by molar-refractivity contribution is 0.0693. The number of halogens is 2. The second kappa shape index (κ2) is 6.71. The first kappa shape index (κ1) is 14.9. The summed E-state index contributed by atoms with van der Waals surface area (Å²) in [7, 11) is 1.89. The Morgan fingerprint density at radius 3 is 2.83 bits per heavy atom. The van der Waals surface area contributed by atoms with E-state index in [1.807, 2.05) is 7.05 Å². The predicted octanol–water partition coefficient (Wildman–Crippen LogP) is 2.07. The van der Waals surface area contributed by atoms with Crippen molar-refractivity contribution in [3.05, 3.63) is 35.6 Å². The number of rotatable bonds is 2. The fourth-order valence-corrected chi connectivity index (χ4v) is 2.20. The van der Waals surface area contributed by atoms with Gasteiger partial charge in [-0.15, -0.1) is 12.4 Å². The molecule has 1 unspecified atom stereocenters. The molecule has 2 rings (SSSR count). The van der Waals surface area contributed by atoms with Crippen LogP contribution in [0.1, 0.15) is 23.2 Å². The third kappa shape index (κ3) is 3.21. The summed E-state index contributed by atoms with van der Waals surface area (Å²) in [6.07, 6.45) is 2.03. The molecule has 18 heavy (non-hydrogen) atoms. The van der Waals surface area contributed by atoms with Crippen molar-refractivity contribution in [2.24, 2.45) is 0 Å². The maximum Gasteiger partial charge on any atom is 0.256 e. The van der Waals surface area contributed by atoms with Gasteiger partial charge in [0, 0.05) is 19.1 Å². The van der Waals surface area contributed by atoms with Gasteiger partial charge < -0.3 is 10.2 Å². The van der Waals surface area contributed by atoms with Gasteiger partial charge in [0.2, 0.25) is 0 Å².